The lowest BCUT2D eigenvalue weighted by molar-refractivity contribution is -0.0612. The van der Waals surface area contributed by atoms with Crippen LogP contribution in [0, 0.1) is 6.92 Å². The molecule has 4 nitrogen and oxygen atoms in total. The van der Waals surface area contributed by atoms with Crippen LogP contribution in [0.4, 0.5) is 0 Å². The van der Waals surface area contributed by atoms with Gasteiger partial charge in [-0.15, -0.1) is 0 Å². The molecule has 1 amide bonds. The number of carbonyl (C=O) groups excluding carboxylic acids is 1. The molecule has 26 heavy (non-hydrogen) atoms. The maximum Gasteiger partial charge on any atom is 0.253 e. The molecule has 0 radical (unpaired) electrons. The Labute approximate surface area is 160 Å². The summed E-state index contributed by atoms with van der Waals surface area (Å²) in [5, 5.41) is 11.7. The molecule has 3 rings (SSSR count). The van der Waals surface area contributed by atoms with Crippen LogP contribution >= 0.6 is 11.6 Å². The van der Waals surface area contributed by atoms with Gasteiger partial charge in [-0.25, -0.2) is 0 Å². The van der Waals surface area contributed by atoms with Crippen molar-refractivity contribution in [3.8, 4) is 0 Å². The zero-order chi connectivity index (χ0) is 18.9. The van der Waals surface area contributed by atoms with E-state index in [2.05, 4.69) is 4.90 Å². The molecule has 1 N–H and O–H groups in total. The van der Waals surface area contributed by atoms with Crippen LogP contribution in [0.3, 0.4) is 0 Å². The van der Waals surface area contributed by atoms with Crippen LogP contribution in [-0.2, 0) is 5.54 Å². The van der Waals surface area contributed by atoms with Crippen LogP contribution in [0.2, 0.25) is 5.02 Å². The van der Waals surface area contributed by atoms with E-state index >= 15 is 0 Å². The van der Waals surface area contributed by atoms with Gasteiger partial charge in [0.2, 0.25) is 0 Å². The molecule has 1 fully saturated rings. The highest BCUT2D eigenvalue weighted by atomic mass is 35.5. The minimum Gasteiger partial charge on any atom is -0.389 e. The number of benzene rings is 2. The minimum absolute atomic E-state index is 0.0655. The zero-order valence-electron chi connectivity index (χ0n) is 15.4. The fourth-order valence-corrected chi connectivity index (χ4v) is 4.03. The number of hydrogen-bond donors (Lipinski definition) is 1. The number of likely N-dealkylation sites (N-methyl/N-ethyl adjacent to an activating group) is 1. The average molecular weight is 373 g/mol. The average Bonchev–Trinajstić information content (AvgIpc) is 2.64. The second-order valence-electron chi connectivity index (χ2n) is 7.17. The van der Waals surface area contributed by atoms with Crippen LogP contribution in [0.15, 0.2) is 48.5 Å². The predicted molar refractivity (Wildman–Crippen MR) is 105 cm³/mol. The number of aryl methyl sites for hydroxylation is 1. The molecule has 0 unspecified atom stereocenters. The molecule has 1 heterocycles. The molecule has 1 aliphatic heterocycles. The number of aliphatic hydroxyl groups excluding tert-OH is 1. The fraction of sp³-hybridized carbons (Fsp3) is 0.381. The summed E-state index contributed by atoms with van der Waals surface area (Å²) in [7, 11) is 3.96. The Kier molecular flexibility index (Phi) is 5.37. The zero-order valence-corrected chi connectivity index (χ0v) is 16.2. The first-order chi connectivity index (χ1) is 12.4. The van der Waals surface area contributed by atoms with Gasteiger partial charge < -0.3 is 10.0 Å². The number of carbonyl (C=O) groups is 1. The second kappa shape index (κ2) is 7.39. The first-order valence-corrected chi connectivity index (χ1v) is 9.20. The summed E-state index contributed by atoms with van der Waals surface area (Å²) in [5.74, 6) is -0.0655. The van der Waals surface area contributed by atoms with E-state index in [1.165, 1.54) is 0 Å². The first-order valence-electron chi connectivity index (χ1n) is 8.82. The fourth-order valence-electron chi connectivity index (χ4n) is 3.91. The van der Waals surface area contributed by atoms with Crippen LogP contribution in [0.5, 0.6) is 0 Å². The van der Waals surface area contributed by atoms with Crippen molar-refractivity contribution in [3.63, 3.8) is 0 Å². The summed E-state index contributed by atoms with van der Waals surface area (Å²) in [5.41, 5.74) is 2.07. The number of hydrogen-bond acceptors (Lipinski definition) is 3. The van der Waals surface area contributed by atoms with Gasteiger partial charge in [0, 0.05) is 23.7 Å². The van der Waals surface area contributed by atoms with Crippen LogP contribution in [0.25, 0.3) is 0 Å². The maximum atomic E-state index is 12.9. The lowest BCUT2D eigenvalue weighted by atomic mass is 9.77. The number of halogens is 1. The van der Waals surface area contributed by atoms with Crippen molar-refractivity contribution in [1.29, 1.82) is 0 Å². The molecule has 1 aliphatic rings. The Hall–Kier alpha value is -1.88. The molecule has 0 saturated carbocycles. The normalized spacial score (nSPS) is 23.3. The van der Waals surface area contributed by atoms with Crippen molar-refractivity contribution in [2.24, 2.45) is 0 Å². The minimum atomic E-state index is -0.675. The highest BCUT2D eigenvalue weighted by Gasteiger charge is 2.46. The standard InChI is InChI=1S/C21H25ClN2O2/c1-15-13-16(9-10-18(15)22)20(26)24-12-11-21(23(2)3,19(25)14-24)17-7-5-4-6-8-17/h4-10,13,19,25H,11-12,14H2,1-3H3/t19-,21+/m1/s1. The van der Waals surface area contributed by atoms with E-state index in [1.807, 2.05) is 57.4 Å². The summed E-state index contributed by atoms with van der Waals surface area (Å²) in [4.78, 5) is 16.7. The smallest absolute Gasteiger partial charge is 0.253 e. The quantitative estimate of drug-likeness (QED) is 0.898. The van der Waals surface area contributed by atoms with Gasteiger partial charge in [-0.2, -0.15) is 0 Å². The predicted octanol–water partition coefficient (Wildman–Crippen LogP) is 3.31. The highest BCUT2D eigenvalue weighted by Crippen LogP contribution is 2.38. The molecule has 138 valence electrons. The van der Waals surface area contributed by atoms with E-state index < -0.39 is 11.6 Å². The van der Waals surface area contributed by atoms with E-state index in [9.17, 15) is 9.90 Å². The number of nitrogens with zero attached hydrogens (tertiary/aromatic N) is 2. The first kappa shape index (κ1) is 18.9. The molecule has 0 spiro atoms. The molecular formula is C21H25ClN2O2. The number of β-amino-alcohol motifs (C(OH)–C–C–N with tert-alkyl or cyclic N) is 1. The molecule has 5 heteroatoms. The van der Waals surface area contributed by atoms with Crippen molar-refractivity contribution >= 4 is 17.5 Å². The largest absolute Gasteiger partial charge is 0.389 e. The number of aliphatic hydroxyl groups is 1. The molecule has 2 atom stereocenters. The molecule has 0 aliphatic carbocycles. The summed E-state index contributed by atoms with van der Waals surface area (Å²) in [6.45, 7) is 2.77. The molecule has 1 saturated heterocycles. The van der Waals surface area contributed by atoms with Gasteiger partial charge in [0.1, 0.15) is 0 Å². The molecule has 2 aromatic rings. The Morgan fingerprint density at radius 3 is 2.50 bits per heavy atom. The van der Waals surface area contributed by atoms with Crippen molar-refractivity contribution in [1.82, 2.24) is 9.80 Å². The Morgan fingerprint density at radius 1 is 1.23 bits per heavy atom. The SMILES string of the molecule is Cc1cc(C(=O)N2CC[C@@](c3ccccc3)(N(C)C)[C@H](O)C2)ccc1Cl. The lowest BCUT2D eigenvalue weighted by Crippen LogP contribution is -2.60. The molecule has 0 bridgehead atoms. The van der Waals surface area contributed by atoms with Gasteiger partial charge in [-0.1, -0.05) is 41.9 Å². The van der Waals surface area contributed by atoms with Gasteiger partial charge in [0.15, 0.2) is 0 Å². The van der Waals surface area contributed by atoms with E-state index in [-0.39, 0.29) is 5.91 Å². The summed E-state index contributed by atoms with van der Waals surface area (Å²) in [6, 6.07) is 15.3. The van der Waals surface area contributed by atoms with Crippen LogP contribution in [-0.4, -0.2) is 54.1 Å². The summed E-state index contributed by atoms with van der Waals surface area (Å²) < 4.78 is 0. The molecular weight excluding hydrogens is 348 g/mol. The number of piperidine rings is 1. The Balaban J connectivity index is 1.85. The van der Waals surface area contributed by atoms with Crippen LogP contribution in [0.1, 0.15) is 27.9 Å². The number of likely N-dealkylation sites (tertiary alicyclic amines) is 1. The Morgan fingerprint density at radius 2 is 1.92 bits per heavy atom. The van der Waals surface area contributed by atoms with Crippen molar-refractivity contribution in [2.75, 3.05) is 27.2 Å². The monoisotopic (exact) mass is 372 g/mol. The van der Waals surface area contributed by atoms with Gasteiger partial charge in [-0.05, 0) is 56.8 Å². The van der Waals surface area contributed by atoms with E-state index in [4.69, 9.17) is 11.6 Å². The molecule has 2 aromatic carbocycles. The van der Waals surface area contributed by atoms with E-state index in [0.29, 0.717) is 30.1 Å². The highest BCUT2D eigenvalue weighted by molar-refractivity contribution is 6.31. The molecule has 0 aromatic heterocycles. The lowest BCUT2D eigenvalue weighted by Gasteiger charge is -2.49. The third-order valence-electron chi connectivity index (χ3n) is 5.47. The van der Waals surface area contributed by atoms with Gasteiger partial charge >= 0.3 is 0 Å². The van der Waals surface area contributed by atoms with E-state index in [0.717, 1.165) is 11.1 Å². The van der Waals surface area contributed by atoms with Crippen molar-refractivity contribution in [2.45, 2.75) is 25.0 Å². The third kappa shape index (κ3) is 3.25. The summed E-state index contributed by atoms with van der Waals surface area (Å²) in [6.07, 6.45) is -0.00487. The second-order valence-corrected chi connectivity index (χ2v) is 7.57. The topological polar surface area (TPSA) is 43.8 Å². The maximum absolute atomic E-state index is 12.9. The van der Waals surface area contributed by atoms with Crippen LogP contribution < -0.4 is 0 Å². The Bertz CT molecular complexity index is 794. The number of amides is 1. The third-order valence-corrected chi connectivity index (χ3v) is 5.90. The van der Waals surface area contributed by atoms with Gasteiger partial charge in [0.25, 0.3) is 5.91 Å². The van der Waals surface area contributed by atoms with Gasteiger partial charge in [-0.3, -0.25) is 9.69 Å². The van der Waals surface area contributed by atoms with E-state index in [1.54, 1.807) is 17.0 Å². The van der Waals surface area contributed by atoms with Gasteiger partial charge in [0.05, 0.1) is 11.6 Å². The number of rotatable bonds is 3. The summed E-state index contributed by atoms with van der Waals surface area (Å²) >= 11 is 6.06. The van der Waals surface area contributed by atoms with Crippen molar-refractivity contribution < 1.29 is 9.90 Å². The van der Waals surface area contributed by atoms with Crippen molar-refractivity contribution in [3.05, 3.63) is 70.2 Å².